The molecule has 0 spiro atoms. The maximum atomic E-state index is 17.7. The van der Waals surface area contributed by atoms with E-state index in [9.17, 15) is 9.90 Å². The standard InChI is InChI=1S/C62H61F4N11O4/c63-43-14-2-9-35-8-1-12-39(46(35)43)50-48(65)52-41(26-68-50)55(74-60-29-59(30-60,31-60)32-78)72-57(70-52)81-34-62-20-7-25-77(62)45(17-21-62)37-15-16-44(64)47-38(37)11-3-13-40(47)51-49(66)53-42(27-69-51)56(75-22-4-10-36(28-75)54(67)79)73-58(71-53)80-33-61-18-5-23-76(61)24-6-19-61/h1-3,8-9,11-16,26-27,36,45,78H,4-7,10,17-25,28-34H2,(H2,67,79)(H,70,72,74). The number of amides is 1. The number of hydrogen-bond acceptors (Lipinski definition) is 14. The minimum atomic E-state index is -0.734. The Morgan fingerprint density at radius 3 is 2.06 bits per heavy atom. The highest BCUT2D eigenvalue weighted by atomic mass is 19.1. The first kappa shape index (κ1) is 50.6. The maximum Gasteiger partial charge on any atom is 0.319 e. The van der Waals surface area contributed by atoms with Crippen molar-refractivity contribution in [1.29, 1.82) is 0 Å². The summed E-state index contributed by atoms with van der Waals surface area (Å²) in [6.07, 6.45) is 13.9. The molecule has 3 atom stereocenters. The van der Waals surface area contributed by atoms with Gasteiger partial charge >= 0.3 is 12.0 Å². The quantitative estimate of drug-likeness (QED) is 0.0875. The molecule has 19 heteroatoms. The van der Waals surface area contributed by atoms with Crippen LogP contribution in [0.2, 0.25) is 0 Å². The fourth-order valence-corrected chi connectivity index (χ4v) is 15.9. The van der Waals surface area contributed by atoms with Crippen LogP contribution < -0.4 is 25.4 Å². The van der Waals surface area contributed by atoms with E-state index >= 15 is 17.6 Å². The van der Waals surface area contributed by atoms with Crippen LogP contribution in [0.4, 0.5) is 29.2 Å². The molecule has 16 rings (SSSR count). The molecule has 8 aromatic rings. The van der Waals surface area contributed by atoms with Crippen LogP contribution in [-0.4, -0.2) is 120 Å². The maximum absolute atomic E-state index is 17.7. The number of halogens is 4. The molecule has 3 saturated carbocycles. The first-order valence-corrected chi connectivity index (χ1v) is 28.7. The van der Waals surface area contributed by atoms with E-state index in [0.717, 1.165) is 95.8 Å². The minimum Gasteiger partial charge on any atom is -0.461 e. The van der Waals surface area contributed by atoms with Crippen LogP contribution in [0.1, 0.15) is 95.1 Å². The number of benzene rings is 4. The van der Waals surface area contributed by atoms with Crippen LogP contribution in [0.25, 0.3) is 65.9 Å². The lowest BCUT2D eigenvalue weighted by molar-refractivity contribution is -0.146. The summed E-state index contributed by atoms with van der Waals surface area (Å²) in [6.45, 7) is 4.28. The van der Waals surface area contributed by atoms with Crippen LogP contribution in [0.15, 0.2) is 79.1 Å². The van der Waals surface area contributed by atoms with Crippen molar-refractivity contribution in [3.8, 4) is 34.5 Å². The largest absolute Gasteiger partial charge is 0.461 e. The number of nitrogens with two attached hydrogens (primary N) is 1. The number of aliphatic hydroxyl groups is 1. The van der Waals surface area contributed by atoms with Gasteiger partial charge in [0.15, 0.2) is 11.6 Å². The monoisotopic (exact) mass is 1100 g/mol. The molecular weight excluding hydrogens is 1040 g/mol. The van der Waals surface area contributed by atoms with E-state index in [1.165, 1.54) is 18.3 Å². The number of pyridine rings is 2. The van der Waals surface area contributed by atoms with Gasteiger partial charge in [0.1, 0.15) is 58.9 Å². The van der Waals surface area contributed by atoms with Gasteiger partial charge in [-0.15, -0.1) is 0 Å². The average molecular weight is 1100 g/mol. The summed E-state index contributed by atoms with van der Waals surface area (Å²) in [5.41, 5.74) is 6.14. The molecule has 2 bridgehead atoms. The number of rotatable bonds is 14. The van der Waals surface area contributed by atoms with Crippen molar-refractivity contribution in [2.45, 2.75) is 106 Å². The molecular formula is C62H61F4N11O4. The molecule has 4 aromatic heterocycles. The molecule has 5 aliphatic heterocycles. The second-order valence-corrected chi connectivity index (χ2v) is 24.4. The lowest BCUT2D eigenvalue weighted by Crippen LogP contribution is -2.72. The number of aromatic nitrogens is 6. The average Bonchev–Trinajstić information content (AvgIpc) is 4.18. The number of aliphatic hydroxyl groups excluding tert-OH is 1. The lowest BCUT2D eigenvalue weighted by atomic mass is 9.39. The first-order valence-electron chi connectivity index (χ1n) is 28.7. The highest BCUT2D eigenvalue weighted by Gasteiger charge is 2.68. The SMILES string of the molecule is NC(=O)C1CCCN(c2nc(OCC34CCCN3CCC4)nc3c(F)c(-c4cccc5c(C6CCC7(COc8nc(NC9%10CC(CO)(C9)C%10)c9cnc(-c%10cccc%11cccc(F)c%10%11)c(F)c9n8)CCCN67)ccc(F)c45)ncc23)C1. The van der Waals surface area contributed by atoms with Crippen molar-refractivity contribution in [3.05, 3.63) is 108 Å². The Balaban J connectivity index is 0.757. The summed E-state index contributed by atoms with van der Waals surface area (Å²) >= 11 is 0. The van der Waals surface area contributed by atoms with Crippen molar-refractivity contribution >= 4 is 60.9 Å². The van der Waals surface area contributed by atoms with E-state index in [1.807, 2.05) is 23.1 Å². The Hall–Kier alpha value is -7.35. The van der Waals surface area contributed by atoms with Crippen LogP contribution in [0.5, 0.6) is 12.0 Å². The first-order chi connectivity index (χ1) is 39.4. The van der Waals surface area contributed by atoms with Crippen LogP contribution in [0, 0.1) is 34.6 Å². The van der Waals surface area contributed by atoms with Crippen molar-refractivity contribution in [2.24, 2.45) is 17.1 Å². The summed E-state index contributed by atoms with van der Waals surface area (Å²) < 4.78 is 80.1. The molecule has 8 fully saturated rings. The minimum absolute atomic E-state index is 0.00700. The summed E-state index contributed by atoms with van der Waals surface area (Å²) in [7, 11) is 0. The lowest BCUT2D eigenvalue weighted by Gasteiger charge is -2.70. The molecule has 416 valence electrons. The molecule has 1 amide bonds. The number of nitrogens with zero attached hydrogens (tertiary/aromatic N) is 9. The van der Waals surface area contributed by atoms with E-state index in [2.05, 4.69) is 20.1 Å². The van der Waals surface area contributed by atoms with Crippen molar-refractivity contribution < 1.29 is 36.9 Å². The smallest absolute Gasteiger partial charge is 0.319 e. The number of piperidine rings is 1. The normalized spacial score (nSPS) is 25.8. The molecule has 81 heavy (non-hydrogen) atoms. The number of ether oxygens (including phenoxy) is 2. The predicted octanol–water partition coefficient (Wildman–Crippen LogP) is 10.3. The van der Waals surface area contributed by atoms with E-state index in [0.29, 0.717) is 71.3 Å². The highest BCUT2D eigenvalue weighted by molar-refractivity contribution is 6.02. The third kappa shape index (κ3) is 8.02. The van der Waals surface area contributed by atoms with Crippen molar-refractivity contribution in [2.75, 3.05) is 62.8 Å². The zero-order valence-corrected chi connectivity index (χ0v) is 44.8. The highest BCUT2D eigenvalue weighted by Crippen LogP contribution is 2.68. The summed E-state index contributed by atoms with van der Waals surface area (Å²) in [5.74, 6) is -2.49. The van der Waals surface area contributed by atoms with Gasteiger partial charge < -0.3 is 30.5 Å². The fraction of sp³-hybridized carbons (Fsp3) is 0.435. The number of carbonyl (C=O) groups excluding carboxylic acids is 1. The van der Waals surface area contributed by atoms with Gasteiger partial charge in [-0.2, -0.15) is 19.9 Å². The molecule has 3 aliphatic carbocycles. The second-order valence-electron chi connectivity index (χ2n) is 24.4. The molecule has 5 saturated heterocycles. The van der Waals surface area contributed by atoms with Crippen LogP contribution >= 0.6 is 0 Å². The number of primary amides is 1. The van der Waals surface area contributed by atoms with Crippen molar-refractivity contribution in [3.63, 3.8) is 0 Å². The Kier molecular flexibility index (Phi) is 11.8. The molecule has 8 aliphatic rings. The number of anilines is 2. The van der Waals surface area contributed by atoms with Gasteiger partial charge in [0.2, 0.25) is 5.91 Å². The number of hydrogen-bond donors (Lipinski definition) is 3. The zero-order chi connectivity index (χ0) is 55.0. The third-order valence-corrected chi connectivity index (χ3v) is 19.7. The second kappa shape index (κ2) is 18.9. The van der Waals surface area contributed by atoms with Gasteiger partial charge in [-0.3, -0.25) is 24.6 Å². The van der Waals surface area contributed by atoms with Gasteiger partial charge in [-0.05, 0) is 132 Å². The zero-order valence-electron chi connectivity index (χ0n) is 44.8. The summed E-state index contributed by atoms with van der Waals surface area (Å²) in [6, 6.07) is 18.4. The van der Waals surface area contributed by atoms with Gasteiger partial charge in [0, 0.05) is 71.0 Å². The Labute approximate surface area is 464 Å². The number of nitrogens with one attached hydrogen (secondary N) is 1. The molecule has 15 nitrogen and oxygen atoms in total. The topological polar surface area (TPSA) is 181 Å². The molecule has 0 radical (unpaired) electrons. The fourth-order valence-electron chi connectivity index (χ4n) is 15.9. The Morgan fingerprint density at radius 1 is 0.679 bits per heavy atom. The molecule has 4 aromatic carbocycles. The Morgan fingerprint density at radius 2 is 1.32 bits per heavy atom. The van der Waals surface area contributed by atoms with E-state index in [4.69, 9.17) is 40.1 Å². The summed E-state index contributed by atoms with van der Waals surface area (Å²) in [4.78, 5) is 47.8. The van der Waals surface area contributed by atoms with E-state index in [-0.39, 0.29) is 86.5 Å². The molecule has 3 unspecified atom stereocenters. The van der Waals surface area contributed by atoms with Crippen molar-refractivity contribution in [1.82, 2.24) is 39.7 Å². The van der Waals surface area contributed by atoms with Gasteiger partial charge in [-0.1, -0.05) is 54.6 Å². The van der Waals surface area contributed by atoms with E-state index < -0.39 is 40.6 Å². The van der Waals surface area contributed by atoms with Gasteiger partial charge in [0.25, 0.3) is 0 Å². The number of carbonyl (C=O) groups is 1. The third-order valence-electron chi connectivity index (χ3n) is 19.7. The van der Waals surface area contributed by atoms with E-state index in [1.54, 1.807) is 42.6 Å². The van der Waals surface area contributed by atoms with Gasteiger partial charge in [0.05, 0.1) is 27.8 Å². The molecule has 4 N–H and O–H groups in total. The Bertz CT molecular complexity index is 3890. The van der Waals surface area contributed by atoms with Crippen LogP contribution in [-0.2, 0) is 4.79 Å². The summed E-state index contributed by atoms with van der Waals surface area (Å²) in [5, 5.41) is 16.1. The van der Waals surface area contributed by atoms with Crippen LogP contribution in [0.3, 0.4) is 0 Å². The van der Waals surface area contributed by atoms with Gasteiger partial charge in [-0.25, -0.2) is 17.6 Å². The molecule has 9 heterocycles. The number of fused-ring (bicyclic) bond motifs is 6. The predicted molar refractivity (Wildman–Crippen MR) is 299 cm³/mol.